The maximum absolute atomic E-state index is 13.3. The summed E-state index contributed by atoms with van der Waals surface area (Å²) in [6.07, 6.45) is -9.76. The largest absolute Gasteiger partial charge is 0.416 e. The van der Waals surface area contributed by atoms with Gasteiger partial charge in [-0.1, -0.05) is 30.3 Å². The molecule has 1 aliphatic rings. The molecule has 0 aliphatic carbocycles. The van der Waals surface area contributed by atoms with Gasteiger partial charge in [-0.2, -0.15) is 26.3 Å². The van der Waals surface area contributed by atoms with Crippen LogP contribution in [0.25, 0.3) is 0 Å². The van der Waals surface area contributed by atoms with Gasteiger partial charge in [-0.25, -0.2) is 0 Å². The highest BCUT2D eigenvalue weighted by atomic mass is 19.4. The third-order valence-corrected chi connectivity index (χ3v) is 6.42. The highest BCUT2D eigenvalue weighted by Crippen LogP contribution is 2.39. The van der Waals surface area contributed by atoms with Gasteiger partial charge in [-0.3, -0.25) is 4.79 Å². The van der Waals surface area contributed by atoms with Crippen molar-refractivity contribution in [3.05, 3.63) is 70.8 Å². The molecule has 2 aromatic rings. The lowest BCUT2D eigenvalue weighted by Gasteiger charge is -2.42. The molecule has 3 rings (SSSR count). The lowest BCUT2D eigenvalue weighted by Crippen LogP contribution is -2.57. The van der Waals surface area contributed by atoms with Crippen LogP contribution in [0.15, 0.2) is 48.5 Å². The van der Waals surface area contributed by atoms with Gasteiger partial charge in [0.1, 0.15) is 0 Å². The van der Waals surface area contributed by atoms with Crippen LogP contribution < -0.4 is 10.6 Å². The highest BCUT2D eigenvalue weighted by Gasteiger charge is 2.39. The first-order chi connectivity index (χ1) is 17.2. The molecule has 0 saturated carbocycles. The SMILES string of the molecule is CC(OCC1(c2ccccc2)CC[C@H](NC(=O)CN(C)C)CN1)c1cc(C(F)(F)F)cc(C(F)(F)F)c1. The fourth-order valence-corrected chi connectivity index (χ4v) is 4.40. The van der Waals surface area contributed by atoms with E-state index in [0.717, 1.165) is 5.56 Å². The number of nitrogens with zero attached hydrogens (tertiary/aromatic N) is 1. The van der Waals surface area contributed by atoms with Crippen molar-refractivity contribution < 1.29 is 35.9 Å². The molecule has 11 heteroatoms. The summed E-state index contributed by atoms with van der Waals surface area (Å²) in [4.78, 5) is 13.9. The topological polar surface area (TPSA) is 53.6 Å². The number of piperidine rings is 1. The molecular weight excluding hydrogens is 500 g/mol. The number of halogens is 6. The van der Waals surface area contributed by atoms with Crippen LogP contribution in [0.4, 0.5) is 26.3 Å². The Bertz CT molecular complexity index is 1020. The molecule has 3 atom stereocenters. The van der Waals surface area contributed by atoms with Gasteiger partial charge in [0.25, 0.3) is 0 Å². The first kappa shape index (κ1) is 28.9. The smallest absolute Gasteiger partial charge is 0.372 e. The normalized spacial score (nSPS) is 21.6. The van der Waals surface area contributed by atoms with Crippen molar-refractivity contribution in [3.63, 3.8) is 0 Å². The molecule has 204 valence electrons. The molecule has 1 fully saturated rings. The molecule has 1 heterocycles. The van der Waals surface area contributed by atoms with E-state index >= 15 is 0 Å². The summed E-state index contributed by atoms with van der Waals surface area (Å²) in [6.45, 7) is 2.11. The van der Waals surface area contributed by atoms with Crippen LogP contribution in [0.2, 0.25) is 0 Å². The van der Waals surface area contributed by atoms with E-state index in [1.165, 1.54) is 6.92 Å². The van der Waals surface area contributed by atoms with Crippen molar-refractivity contribution in [1.82, 2.24) is 15.5 Å². The molecule has 1 aliphatic heterocycles. The standard InChI is InChI=1S/C26H31F6N3O2/c1-17(18-11-20(25(27,28)29)13-21(12-18)26(30,31)32)37-16-24(19-7-5-4-6-8-19)10-9-22(14-33-24)34-23(36)15-35(2)3/h4-8,11-13,17,22,33H,9-10,14-16H2,1-3H3,(H,34,36)/t17?,22-,24?/m0/s1. The average Bonchev–Trinajstić information content (AvgIpc) is 2.82. The Hall–Kier alpha value is -2.63. The number of hydrogen-bond acceptors (Lipinski definition) is 4. The zero-order chi connectivity index (χ0) is 27.4. The van der Waals surface area contributed by atoms with Gasteiger partial charge in [0.05, 0.1) is 35.9 Å². The van der Waals surface area contributed by atoms with Crippen LogP contribution >= 0.6 is 0 Å². The molecule has 0 bridgehead atoms. The second-order valence-electron chi connectivity index (χ2n) is 9.66. The molecule has 1 amide bonds. The Morgan fingerprint density at radius 2 is 1.68 bits per heavy atom. The molecule has 5 nitrogen and oxygen atoms in total. The second kappa shape index (κ2) is 11.4. The number of hydrogen-bond donors (Lipinski definition) is 2. The average molecular weight is 532 g/mol. The van der Waals surface area contributed by atoms with Gasteiger partial charge in [0, 0.05) is 12.6 Å². The number of carbonyl (C=O) groups excluding carboxylic acids is 1. The first-order valence-electron chi connectivity index (χ1n) is 11.9. The minimum Gasteiger partial charge on any atom is -0.372 e. The second-order valence-corrected chi connectivity index (χ2v) is 9.66. The van der Waals surface area contributed by atoms with E-state index < -0.39 is 35.1 Å². The number of benzene rings is 2. The molecule has 2 unspecified atom stereocenters. The van der Waals surface area contributed by atoms with Gasteiger partial charge >= 0.3 is 12.4 Å². The first-order valence-corrected chi connectivity index (χ1v) is 11.9. The van der Waals surface area contributed by atoms with E-state index in [-0.39, 0.29) is 36.7 Å². The van der Waals surface area contributed by atoms with E-state index in [0.29, 0.717) is 31.5 Å². The van der Waals surface area contributed by atoms with E-state index in [4.69, 9.17) is 4.74 Å². The predicted octanol–water partition coefficient (Wildman–Crippen LogP) is 5.13. The summed E-state index contributed by atoms with van der Waals surface area (Å²) in [7, 11) is 3.58. The third-order valence-electron chi connectivity index (χ3n) is 6.42. The molecule has 37 heavy (non-hydrogen) atoms. The minimum atomic E-state index is -4.93. The summed E-state index contributed by atoms with van der Waals surface area (Å²) in [6, 6.07) is 10.7. The lowest BCUT2D eigenvalue weighted by molar-refractivity contribution is -0.143. The maximum atomic E-state index is 13.3. The van der Waals surface area contributed by atoms with Gasteiger partial charge < -0.3 is 20.3 Å². The minimum absolute atomic E-state index is 0.00808. The number of carbonyl (C=O) groups is 1. The number of nitrogens with one attached hydrogen (secondary N) is 2. The van der Waals surface area contributed by atoms with Crippen molar-refractivity contribution in [2.24, 2.45) is 0 Å². The van der Waals surface area contributed by atoms with Crippen LogP contribution in [0.1, 0.15) is 48.1 Å². The van der Waals surface area contributed by atoms with E-state index in [1.54, 1.807) is 19.0 Å². The number of rotatable bonds is 8. The fourth-order valence-electron chi connectivity index (χ4n) is 4.40. The van der Waals surface area contributed by atoms with Crippen molar-refractivity contribution in [3.8, 4) is 0 Å². The van der Waals surface area contributed by atoms with Crippen molar-refractivity contribution >= 4 is 5.91 Å². The monoisotopic (exact) mass is 531 g/mol. The Balaban J connectivity index is 1.79. The van der Waals surface area contributed by atoms with Crippen LogP contribution in [0.5, 0.6) is 0 Å². The molecular formula is C26H31F6N3O2. The Kier molecular flexibility index (Phi) is 8.92. The molecule has 0 aromatic heterocycles. The summed E-state index contributed by atoms with van der Waals surface area (Å²) >= 11 is 0. The molecule has 2 aromatic carbocycles. The van der Waals surface area contributed by atoms with E-state index in [2.05, 4.69) is 10.6 Å². The summed E-state index contributed by atoms with van der Waals surface area (Å²) < 4.78 is 85.8. The van der Waals surface area contributed by atoms with Crippen LogP contribution in [-0.2, 0) is 27.4 Å². The zero-order valence-corrected chi connectivity index (χ0v) is 20.8. The van der Waals surface area contributed by atoms with E-state index in [1.807, 2.05) is 30.3 Å². The Morgan fingerprint density at radius 3 is 2.16 bits per heavy atom. The Labute approximate surface area is 212 Å². The zero-order valence-electron chi connectivity index (χ0n) is 20.8. The van der Waals surface area contributed by atoms with Crippen LogP contribution in [0, 0.1) is 0 Å². The maximum Gasteiger partial charge on any atom is 0.416 e. The number of amides is 1. The van der Waals surface area contributed by atoms with Crippen LogP contribution in [-0.4, -0.2) is 50.6 Å². The predicted molar refractivity (Wildman–Crippen MR) is 127 cm³/mol. The number of likely N-dealkylation sites (N-methyl/N-ethyl adjacent to an activating group) is 1. The molecule has 0 spiro atoms. The molecule has 0 radical (unpaired) electrons. The highest BCUT2D eigenvalue weighted by molar-refractivity contribution is 5.78. The number of alkyl halides is 6. The van der Waals surface area contributed by atoms with Gasteiger partial charge in [-0.15, -0.1) is 0 Å². The third kappa shape index (κ3) is 7.68. The fraction of sp³-hybridized carbons (Fsp3) is 0.500. The summed E-state index contributed by atoms with van der Waals surface area (Å²) in [5.74, 6) is -0.112. The van der Waals surface area contributed by atoms with Gasteiger partial charge in [0.15, 0.2) is 0 Å². The Morgan fingerprint density at radius 1 is 1.08 bits per heavy atom. The summed E-state index contributed by atoms with van der Waals surface area (Å²) in [5, 5.41) is 6.40. The van der Waals surface area contributed by atoms with Crippen molar-refractivity contribution in [2.75, 3.05) is 33.8 Å². The lowest BCUT2D eigenvalue weighted by atomic mass is 9.81. The summed E-state index contributed by atoms with van der Waals surface area (Å²) in [5.41, 5.74) is -2.82. The van der Waals surface area contributed by atoms with Crippen molar-refractivity contribution in [2.45, 2.75) is 49.8 Å². The molecule has 1 saturated heterocycles. The van der Waals surface area contributed by atoms with E-state index in [9.17, 15) is 31.1 Å². The van der Waals surface area contributed by atoms with Crippen LogP contribution in [0.3, 0.4) is 0 Å². The van der Waals surface area contributed by atoms with Gasteiger partial charge in [-0.05, 0) is 63.2 Å². The van der Waals surface area contributed by atoms with Crippen molar-refractivity contribution in [1.29, 1.82) is 0 Å². The molecule has 2 N–H and O–H groups in total. The quantitative estimate of drug-likeness (QED) is 0.464. The number of ether oxygens (including phenoxy) is 1. The van der Waals surface area contributed by atoms with Gasteiger partial charge in [0.2, 0.25) is 5.91 Å².